The van der Waals surface area contributed by atoms with Gasteiger partial charge in [-0.3, -0.25) is 0 Å². The average Bonchev–Trinajstić information content (AvgIpc) is 1.69. The molecule has 0 heterocycles. The third kappa shape index (κ3) is 7.31. The summed E-state index contributed by atoms with van der Waals surface area (Å²) in [6.07, 6.45) is 0. The van der Waals surface area contributed by atoms with Crippen LogP contribution in [0.4, 0.5) is 0 Å². The Morgan fingerprint density at radius 3 is 1.70 bits per heavy atom. The molecule has 0 rings (SSSR count). The molecule has 0 aliphatic carbocycles. The maximum Gasteiger partial charge on any atom is 0.133 e. The van der Waals surface area contributed by atoms with Crippen LogP contribution in [0.15, 0.2) is 0 Å². The van der Waals surface area contributed by atoms with Gasteiger partial charge in [0.25, 0.3) is 0 Å². The van der Waals surface area contributed by atoms with Crippen LogP contribution in [0.5, 0.6) is 0 Å². The third-order valence-corrected chi connectivity index (χ3v) is 1.58. The first-order valence-corrected chi connectivity index (χ1v) is 3.55. The Morgan fingerprint density at radius 2 is 1.70 bits per heavy atom. The van der Waals surface area contributed by atoms with Crippen molar-refractivity contribution in [2.75, 3.05) is 13.1 Å². The van der Waals surface area contributed by atoms with E-state index in [1.54, 1.807) is 0 Å². The minimum absolute atomic E-state index is 0. The quantitative estimate of drug-likeness (QED) is 0.387. The molecule has 0 bridgehead atoms. The van der Waals surface area contributed by atoms with Crippen molar-refractivity contribution < 1.29 is 5.48 Å². The molecule has 5 heteroatoms. The molecule has 0 aliphatic rings. The van der Waals surface area contributed by atoms with E-state index >= 15 is 0 Å². The first-order valence-electron chi connectivity index (χ1n) is 2.70. The molecule has 2 nitrogen and oxygen atoms in total. The van der Waals surface area contributed by atoms with Crippen LogP contribution in [0.2, 0.25) is 0 Å². The van der Waals surface area contributed by atoms with Crippen molar-refractivity contribution >= 4 is 58.7 Å². The van der Waals surface area contributed by atoms with Gasteiger partial charge in [0.05, 0.1) is 0 Å². The molecule has 0 fully saturated rings. The summed E-state index contributed by atoms with van der Waals surface area (Å²) in [5.74, 6) is 0. The topological polar surface area (TPSA) is 34.7 Å². The second kappa shape index (κ2) is 10.2. The van der Waals surface area contributed by atoms with Crippen LogP contribution in [0.3, 0.4) is 0 Å². The largest absolute Gasteiger partial charge is 0.412 e. The fourth-order valence-electron chi connectivity index (χ4n) is 0.494. The predicted octanol–water partition coefficient (Wildman–Crippen LogP) is 0.337. The minimum Gasteiger partial charge on any atom is -0.412 e. The molecular formula is C5H13NNaOS2. The van der Waals surface area contributed by atoms with Crippen LogP contribution in [-0.4, -0.2) is 57.3 Å². The molecule has 2 N–H and O–H groups in total. The summed E-state index contributed by atoms with van der Waals surface area (Å²) in [4.78, 5) is 2.01. The third-order valence-electron chi connectivity index (χ3n) is 1.03. The van der Waals surface area contributed by atoms with Crippen molar-refractivity contribution in [3.8, 4) is 0 Å². The molecule has 0 amide bonds. The Balaban J connectivity index is -0.000000245. The van der Waals surface area contributed by atoms with E-state index in [1.807, 2.05) is 4.90 Å². The van der Waals surface area contributed by atoms with Gasteiger partial charge >= 0.3 is 0 Å². The number of nitrogens with zero attached hydrogens (tertiary/aromatic N) is 1. The monoisotopic (exact) mass is 190 g/mol. The molecule has 0 aliphatic heterocycles. The molecule has 0 saturated heterocycles. The van der Waals surface area contributed by atoms with E-state index in [4.69, 9.17) is 12.2 Å². The molecule has 0 aromatic heterocycles. The molecule has 0 atom stereocenters. The summed E-state index contributed by atoms with van der Waals surface area (Å²) in [5, 5.41) is 0. The van der Waals surface area contributed by atoms with Crippen molar-refractivity contribution in [3.05, 3.63) is 0 Å². The van der Waals surface area contributed by atoms with E-state index in [9.17, 15) is 0 Å². The Labute approximate surface area is 95.4 Å². The van der Waals surface area contributed by atoms with Crippen LogP contribution in [-0.2, 0) is 0 Å². The fraction of sp³-hybridized carbons (Fsp3) is 0.800. The summed E-state index contributed by atoms with van der Waals surface area (Å²) in [7, 11) is 0. The molecule has 0 spiro atoms. The van der Waals surface area contributed by atoms with Gasteiger partial charge in [-0.25, -0.2) is 0 Å². The van der Waals surface area contributed by atoms with E-state index in [0.29, 0.717) is 4.32 Å². The average molecular weight is 190 g/mol. The van der Waals surface area contributed by atoms with Gasteiger partial charge in [0.15, 0.2) is 0 Å². The van der Waals surface area contributed by atoms with Gasteiger partial charge in [-0.1, -0.05) is 12.2 Å². The Kier molecular flexibility index (Phi) is 17.7. The number of hydrogen-bond donors (Lipinski definition) is 1. The summed E-state index contributed by atoms with van der Waals surface area (Å²) in [5.41, 5.74) is 0. The molecular weight excluding hydrogens is 177 g/mol. The zero-order valence-corrected chi connectivity index (χ0v) is 10.4. The normalized spacial score (nSPS) is 7.10. The Morgan fingerprint density at radius 1 is 1.40 bits per heavy atom. The number of thiol groups is 1. The van der Waals surface area contributed by atoms with Crippen LogP contribution in [0, 0.1) is 0 Å². The first kappa shape index (κ1) is 17.3. The van der Waals surface area contributed by atoms with E-state index < -0.39 is 0 Å². The summed E-state index contributed by atoms with van der Waals surface area (Å²) < 4.78 is 0.690. The molecule has 0 saturated carbocycles. The molecule has 10 heavy (non-hydrogen) atoms. The number of rotatable bonds is 2. The molecule has 0 aromatic carbocycles. The van der Waals surface area contributed by atoms with Gasteiger partial charge in [0, 0.05) is 42.6 Å². The van der Waals surface area contributed by atoms with Crippen molar-refractivity contribution in [2.45, 2.75) is 13.8 Å². The Hall–Kier alpha value is 1.20. The van der Waals surface area contributed by atoms with Crippen LogP contribution < -0.4 is 0 Å². The summed E-state index contributed by atoms with van der Waals surface area (Å²) >= 11 is 8.82. The van der Waals surface area contributed by atoms with Gasteiger partial charge in [0.1, 0.15) is 4.32 Å². The smallest absolute Gasteiger partial charge is 0.133 e. The number of hydrogen-bond acceptors (Lipinski definition) is 1. The minimum atomic E-state index is 0. The van der Waals surface area contributed by atoms with Gasteiger partial charge in [-0.2, -0.15) is 0 Å². The van der Waals surface area contributed by atoms with Gasteiger partial charge in [0.2, 0.25) is 0 Å². The van der Waals surface area contributed by atoms with E-state index in [0.717, 1.165) is 13.1 Å². The van der Waals surface area contributed by atoms with Crippen LogP contribution in [0.25, 0.3) is 0 Å². The molecule has 57 valence electrons. The number of thiocarbonyl (C=S) groups is 1. The van der Waals surface area contributed by atoms with E-state index in [-0.39, 0.29) is 35.0 Å². The van der Waals surface area contributed by atoms with Gasteiger partial charge < -0.3 is 10.4 Å². The summed E-state index contributed by atoms with van der Waals surface area (Å²) in [6, 6.07) is 0. The zero-order chi connectivity index (χ0) is 6.57. The second-order valence-electron chi connectivity index (χ2n) is 1.45. The fourth-order valence-corrected chi connectivity index (χ4v) is 1.04. The first-order chi connectivity index (χ1) is 3.72. The van der Waals surface area contributed by atoms with Crippen LogP contribution >= 0.6 is 24.8 Å². The second-order valence-corrected chi connectivity index (χ2v) is 2.57. The van der Waals surface area contributed by atoms with Gasteiger partial charge in [-0.15, -0.1) is 12.6 Å². The molecule has 0 aromatic rings. The zero-order valence-electron chi connectivity index (χ0n) is 6.72. The van der Waals surface area contributed by atoms with Gasteiger partial charge in [-0.05, 0) is 13.8 Å². The Bertz CT molecular complexity index is 87.7. The maximum absolute atomic E-state index is 4.81. The van der Waals surface area contributed by atoms with E-state index in [1.165, 1.54) is 0 Å². The van der Waals surface area contributed by atoms with Crippen molar-refractivity contribution in [1.82, 2.24) is 4.90 Å². The van der Waals surface area contributed by atoms with Crippen molar-refractivity contribution in [2.24, 2.45) is 0 Å². The van der Waals surface area contributed by atoms with Crippen molar-refractivity contribution in [1.29, 1.82) is 0 Å². The standard InChI is InChI=1S/C5H11NS2.Na.H2O/c1-3-6(4-2)5(7)8;;/h3-4H2,1-2H3,(H,7,8);;1H2. The SMILES string of the molecule is CCN(CC)C(=S)S.O.[Na]. The van der Waals surface area contributed by atoms with E-state index in [2.05, 4.69) is 26.5 Å². The van der Waals surface area contributed by atoms with Crippen molar-refractivity contribution in [3.63, 3.8) is 0 Å². The molecule has 1 radical (unpaired) electrons. The maximum atomic E-state index is 4.81. The summed E-state index contributed by atoms with van der Waals surface area (Å²) in [6.45, 7) is 6.04. The predicted molar refractivity (Wildman–Crippen MR) is 53.9 cm³/mol. The van der Waals surface area contributed by atoms with Crippen LogP contribution in [0.1, 0.15) is 13.8 Å². The molecule has 0 unspecified atom stereocenters.